The summed E-state index contributed by atoms with van der Waals surface area (Å²) in [6, 6.07) is 17.7. The molecule has 4 aromatic rings. The van der Waals surface area contributed by atoms with Gasteiger partial charge in [-0.15, -0.1) is 0 Å². The maximum Gasteiger partial charge on any atom is 0.198 e. The zero-order chi connectivity index (χ0) is 16.4. The number of furan rings is 1. The Kier molecular flexibility index (Phi) is 3.84. The fraction of sp³-hybridized carbons (Fsp3) is 0.158. The molecule has 0 fully saturated rings. The Morgan fingerprint density at radius 3 is 2.71 bits per heavy atom. The van der Waals surface area contributed by atoms with Crippen LogP contribution in [0.15, 0.2) is 59.0 Å². The van der Waals surface area contributed by atoms with Crippen LogP contribution in [-0.2, 0) is 0 Å². The molecule has 5 nitrogen and oxygen atoms in total. The van der Waals surface area contributed by atoms with Crippen molar-refractivity contribution in [3.8, 4) is 11.6 Å². The first-order valence-corrected chi connectivity index (χ1v) is 7.95. The third-order valence-corrected chi connectivity index (χ3v) is 3.88. The molecule has 0 aliphatic heterocycles. The maximum atomic E-state index is 8.98. The molecule has 2 heterocycles. The molecule has 0 unspecified atom stereocenters. The summed E-state index contributed by atoms with van der Waals surface area (Å²) in [6.07, 6.45) is 0.665. The van der Waals surface area contributed by atoms with Gasteiger partial charge in [0.15, 0.2) is 11.6 Å². The van der Waals surface area contributed by atoms with E-state index in [-0.39, 0.29) is 6.61 Å². The monoisotopic (exact) mass is 319 g/mol. The topological polar surface area (TPSA) is 71.2 Å². The maximum absolute atomic E-state index is 8.98. The second kappa shape index (κ2) is 6.29. The fourth-order valence-corrected chi connectivity index (χ4v) is 2.70. The quantitative estimate of drug-likeness (QED) is 0.547. The Hall–Kier alpha value is -2.92. The zero-order valence-electron chi connectivity index (χ0n) is 13.1. The van der Waals surface area contributed by atoms with Crippen LogP contribution in [0.3, 0.4) is 0 Å². The first kappa shape index (κ1) is 14.7. The zero-order valence-corrected chi connectivity index (χ0v) is 13.1. The molecule has 0 aliphatic carbocycles. The van der Waals surface area contributed by atoms with E-state index in [1.807, 2.05) is 54.6 Å². The van der Waals surface area contributed by atoms with E-state index in [9.17, 15) is 0 Å². The number of para-hydroxylation sites is 2. The van der Waals surface area contributed by atoms with Crippen molar-refractivity contribution in [2.45, 2.75) is 6.42 Å². The minimum atomic E-state index is 0.145. The number of nitrogens with zero attached hydrogens (tertiary/aromatic N) is 2. The largest absolute Gasteiger partial charge is 0.453 e. The van der Waals surface area contributed by atoms with E-state index in [4.69, 9.17) is 9.52 Å². The molecule has 5 heteroatoms. The molecule has 0 amide bonds. The van der Waals surface area contributed by atoms with E-state index in [1.165, 1.54) is 0 Å². The lowest BCUT2D eigenvalue weighted by molar-refractivity contribution is 0.292. The van der Waals surface area contributed by atoms with Crippen molar-refractivity contribution < 1.29 is 9.52 Å². The second-order valence-corrected chi connectivity index (χ2v) is 5.57. The highest BCUT2D eigenvalue weighted by atomic mass is 16.3. The van der Waals surface area contributed by atoms with Crippen molar-refractivity contribution in [3.63, 3.8) is 0 Å². The van der Waals surface area contributed by atoms with Crippen LogP contribution < -0.4 is 5.32 Å². The first-order valence-electron chi connectivity index (χ1n) is 7.95. The molecule has 4 rings (SSSR count). The highest BCUT2D eigenvalue weighted by Gasteiger charge is 2.12. The minimum absolute atomic E-state index is 0.145. The number of anilines is 1. The summed E-state index contributed by atoms with van der Waals surface area (Å²) in [5.74, 6) is 1.95. The van der Waals surface area contributed by atoms with Crippen LogP contribution in [0.1, 0.15) is 6.42 Å². The average Bonchev–Trinajstić information content (AvgIpc) is 3.06. The van der Waals surface area contributed by atoms with Crippen LogP contribution in [0, 0.1) is 0 Å². The molecule has 2 aromatic carbocycles. The number of fused-ring (bicyclic) bond motifs is 2. The molecule has 0 radical (unpaired) electrons. The Morgan fingerprint density at radius 2 is 1.83 bits per heavy atom. The van der Waals surface area contributed by atoms with Crippen molar-refractivity contribution >= 4 is 27.7 Å². The van der Waals surface area contributed by atoms with Crippen molar-refractivity contribution in [2.24, 2.45) is 0 Å². The van der Waals surface area contributed by atoms with Gasteiger partial charge >= 0.3 is 0 Å². The third-order valence-electron chi connectivity index (χ3n) is 3.88. The SMILES string of the molecule is OCCCNc1nc(-c2cc3ccccc3o2)nc2ccccc12. The Bertz CT molecular complexity index is 961. The molecule has 0 saturated heterocycles. The number of aliphatic hydroxyl groups excluding tert-OH is 1. The van der Waals surface area contributed by atoms with Gasteiger partial charge in [-0.1, -0.05) is 30.3 Å². The van der Waals surface area contributed by atoms with Crippen LogP contribution in [0.2, 0.25) is 0 Å². The van der Waals surface area contributed by atoms with Crippen LogP contribution in [-0.4, -0.2) is 28.2 Å². The van der Waals surface area contributed by atoms with Crippen LogP contribution in [0.4, 0.5) is 5.82 Å². The van der Waals surface area contributed by atoms with Crippen molar-refractivity contribution in [2.75, 3.05) is 18.5 Å². The normalized spacial score (nSPS) is 11.2. The summed E-state index contributed by atoms with van der Waals surface area (Å²) in [5.41, 5.74) is 1.67. The fourth-order valence-electron chi connectivity index (χ4n) is 2.70. The number of aliphatic hydroxyl groups is 1. The van der Waals surface area contributed by atoms with E-state index < -0.39 is 0 Å². The summed E-state index contributed by atoms with van der Waals surface area (Å²) in [5, 5.41) is 14.2. The Morgan fingerprint density at radius 1 is 1.00 bits per heavy atom. The van der Waals surface area contributed by atoms with E-state index in [2.05, 4.69) is 15.3 Å². The molecule has 0 bridgehead atoms. The summed E-state index contributed by atoms with van der Waals surface area (Å²) < 4.78 is 5.89. The molecular weight excluding hydrogens is 302 g/mol. The van der Waals surface area contributed by atoms with Gasteiger partial charge < -0.3 is 14.8 Å². The van der Waals surface area contributed by atoms with Gasteiger partial charge in [0.2, 0.25) is 0 Å². The molecule has 24 heavy (non-hydrogen) atoms. The summed E-state index contributed by atoms with van der Waals surface area (Å²) in [4.78, 5) is 9.28. The molecule has 0 aliphatic rings. The lowest BCUT2D eigenvalue weighted by Crippen LogP contribution is -2.07. The second-order valence-electron chi connectivity index (χ2n) is 5.57. The summed E-state index contributed by atoms with van der Waals surface area (Å²) >= 11 is 0. The standard InChI is InChI=1S/C19H17N3O2/c23-11-5-10-20-18-14-7-2-3-8-15(14)21-19(22-18)17-12-13-6-1-4-9-16(13)24-17/h1-4,6-9,12,23H,5,10-11H2,(H,20,21,22). The number of hydrogen-bond donors (Lipinski definition) is 2. The minimum Gasteiger partial charge on any atom is -0.453 e. The molecule has 0 saturated carbocycles. The van der Waals surface area contributed by atoms with Crippen molar-refractivity contribution in [1.82, 2.24) is 9.97 Å². The molecule has 2 N–H and O–H groups in total. The van der Waals surface area contributed by atoms with Crippen LogP contribution in [0.25, 0.3) is 33.5 Å². The van der Waals surface area contributed by atoms with Crippen LogP contribution in [0.5, 0.6) is 0 Å². The predicted molar refractivity (Wildman–Crippen MR) is 94.9 cm³/mol. The smallest absolute Gasteiger partial charge is 0.198 e. The molecular formula is C19H17N3O2. The van der Waals surface area contributed by atoms with Gasteiger partial charge in [0.1, 0.15) is 11.4 Å². The number of rotatable bonds is 5. The van der Waals surface area contributed by atoms with Gasteiger partial charge in [-0.25, -0.2) is 9.97 Å². The molecule has 2 aromatic heterocycles. The lowest BCUT2D eigenvalue weighted by atomic mass is 10.2. The summed E-state index contributed by atoms with van der Waals surface area (Å²) in [7, 11) is 0. The Labute approximate surface area is 139 Å². The van der Waals surface area contributed by atoms with Gasteiger partial charge in [0.25, 0.3) is 0 Å². The lowest BCUT2D eigenvalue weighted by Gasteiger charge is -2.09. The number of nitrogens with one attached hydrogen (secondary N) is 1. The van der Waals surface area contributed by atoms with E-state index in [0.717, 1.165) is 27.7 Å². The first-order chi connectivity index (χ1) is 11.8. The Balaban J connectivity index is 1.82. The van der Waals surface area contributed by atoms with E-state index in [0.29, 0.717) is 24.6 Å². The summed E-state index contributed by atoms with van der Waals surface area (Å²) in [6.45, 7) is 0.795. The van der Waals surface area contributed by atoms with Crippen LogP contribution >= 0.6 is 0 Å². The average molecular weight is 319 g/mol. The van der Waals surface area contributed by atoms with Gasteiger partial charge in [0.05, 0.1) is 5.52 Å². The van der Waals surface area contributed by atoms with Gasteiger partial charge in [-0.3, -0.25) is 0 Å². The highest BCUT2D eigenvalue weighted by molar-refractivity contribution is 5.91. The molecule has 0 atom stereocenters. The van der Waals surface area contributed by atoms with Crippen molar-refractivity contribution in [3.05, 3.63) is 54.6 Å². The molecule has 120 valence electrons. The number of hydrogen-bond acceptors (Lipinski definition) is 5. The predicted octanol–water partition coefficient (Wildman–Crippen LogP) is 3.84. The van der Waals surface area contributed by atoms with E-state index in [1.54, 1.807) is 0 Å². The number of aromatic nitrogens is 2. The number of benzene rings is 2. The van der Waals surface area contributed by atoms with Gasteiger partial charge in [-0.05, 0) is 30.7 Å². The van der Waals surface area contributed by atoms with Gasteiger partial charge in [-0.2, -0.15) is 0 Å². The molecule has 0 spiro atoms. The van der Waals surface area contributed by atoms with E-state index >= 15 is 0 Å². The van der Waals surface area contributed by atoms with Gasteiger partial charge in [0, 0.05) is 23.9 Å². The van der Waals surface area contributed by atoms with Crippen molar-refractivity contribution in [1.29, 1.82) is 0 Å². The third kappa shape index (κ3) is 2.70. The highest BCUT2D eigenvalue weighted by Crippen LogP contribution is 2.29.